The number of pyridine rings is 2. The minimum Gasteiger partial charge on any atom is -0.333 e. The molecule has 0 aliphatic heterocycles. The molecule has 31 heavy (non-hydrogen) atoms. The number of benzene rings is 2. The fraction of sp³-hybridized carbons (Fsp3) is 0.0833. The average molecular weight is 429 g/mol. The number of rotatable bonds is 4. The van der Waals surface area contributed by atoms with Crippen molar-refractivity contribution < 1.29 is 4.52 Å². The normalized spacial score (nSPS) is 11.2. The molecule has 0 saturated heterocycles. The van der Waals surface area contributed by atoms with Gasteiger partial charge >= 0.3 is 0 Å². The van der Waals surface area contributed by atoms with E-state index in [1.807, 2.05) is 47.9 Å². The summed E-state index contributed by atoms with van der Waals surface area (Å²) in [5.41, 5.74) is 3.44. The molecule has 2 aromatic carbocycles. The minimum absolute atomic E-state index is 0.166. The second-order valence-corrected chi connectivity index (χ2v) is 7.68. The first kappa shape index (κ1) is 19.2. The van der Waals surface area contributed by atoms with Crippen molar-refractivity contribution in [2.75, 3.05) is 0 Å². The molecule has 0 atom stereocenters. The summed E-state index contributed by atoms with van der Waals surface area (Å²) in [4.78, 5) is 22.3. The van der Waals surface area contributed by atoms with Crippen molar-refractivity contribution >= 4 is 22.6 Å². The molecule has 0 N–H and O–H groups in total. The highest BCUT2D eigenvalue weighted by molar-refractivity contribution is 6.30. The van der Waals surface area contributed by atoms with Gasteiger partial charge in [0.2, 0.25) is 11.3 Å². The van der Waals surface area contributed by atoms with E-state index in [0.717, 1.165) is 16.8 Å². The van der Waals surface area contributed by atoms with Crippen LogP contribution in [0.4, 0.5) is 0 Å². The molecular weight excluding hydrogens is 412 g/mol. The zero-order chi connectivity index (χ0) is 21.4. The minimum atomic E-state index is -0.196. The van der Waals surface area contributed by atoms with Gasteiger partial charge in [0.25, 0.3) is 5.89 Å². The van der Waals surface area contributed by atoms with Crippen LogP contribution in [0, 0.1) is 6.92 Å². The molecule has 0 radical (unpaired) electrons. The van der Waals surface area contributed by atoms with Crippen LogP contribution in [0.5, 0.6) is 0 Å². The maximum Gasteiger partial charge on any atom is 0.263 e. The number of aryl methyl sites for hydroxylation is 1. The third-order valence-corrected chi connectivity index (χ3v) is 5.27. The van der Waals surface area contributed by atoms with E-state index in [-0.39, 0.29) is 11.3 Å². The molecule has 3 heterocycles. The van der Waals surface area contributed by atoms with Crippen molar-refractivity contribution in [3.63, 3.8) is 0 Å². The Hall–Kier alpha value is -3.77. The Morgan fingerprint density at radius 3 is 2.52 bits per heavy atom. The number of aromatic nitrogens is 4. The van der Waals surface area contributed by atoms with E-state index >= 15 is 0 Å². The van der Waals surface area contributed by atoms with E-state index in [0.29, 0.717) is 34.0 Å². The van der Waals surface area contributed by atoms with Crippen molar-refractivity contribution in [1.29, 1.82) is 0 Å². The summed E-state index contributed by atoms with van der Waals surface area (Å²) in [6, 6.07) is 20.7. The number of halogens is 1. The number of nitrogens with zero attached hydrogens (tertiary/aromatic N) is 4. The first-order valence-electron chi connectivity index (χ1n) is 9.73. The van der Waals surface area contributed by atoms with Crippen molar-refractivity contribution in [2.45, 2.75) is 13.5 Å². The molecule has 0 aliphatic carbocycles. The Labute approximate surface area is 182 Å². The van der Waals surface area contributed by atoms with Gasteiger partial charge in [-0.3, -0.25) is 4.79 Å². The summed E-state index contributed by atoms with van der Waals surface area (Å²) in [6.07, 6.45) is 1.74. The third kappa shape index (κ3) is 3.73. The van der Waals surface area contributed by atoms with E-state index in [2.05, 4.69) is 15.1 Å². The van der Waals surface area contributed by atoms with Crippen molar-refractivity contribution in [1.82, 2.24) is 19.7 Å². The lowest BCUT2D eigenvalue weighted by Crippen LogP contribution is -2.14. The zero-order valence-corrected chi connectivity index (χ0v) is 17.4. The van der Waals surface area contributed by atoms with Crippen molar-refractivity contribution in [2.24, 2.45) is 0 Å². The molecule has 0 amide bonds. The Morgan fingerprint density at radius 1 is 0.968 bits per heavy atom. The lowest BCUT2D eigenvalue weighted by Gasteiger charge is -2.12. The molecule has 0 bridgehead atoms. The van der Waals surface area contributed by atoms with Gasteiger partial charge in [-0.15, -0.1) is 0 Å². The molecule has 0 unspecified atom stereocenters. The van der Waals surface area contributed by atoms with Gasteiger partial charge in [0.1, 0.15) is 11.2 Å². The molecule has 0 fully saturated rings. The fourth-order valence-electron chi connectivity index (χ4n) is 3.46. The lowest BCUT2D eigenvalue weighted by atomic mass is 10.1. The summed E-state index contributed by atoms with van der Waals surface area (Å²) in [5.74, 6) is 0.557. The Kier molecular flexibility index (Phi) is 4.84. The van der Waals surface area contributed by atoms with Gasteiger partial charge in [0.15, 0.2) is 0 Å². The van der Waals surface area contributed by atoms with Gasteiger partial charge in [0.05, 0.1) is 5.39 Å². The highest BCUT2D eigenvalue weighted by Gasteiger charge is 2.18. The number of hydrogen-bond donors (Lipinski definition) is 0. The third-order valence-electron chi connectivity index (χ3n) is 5.02. The van der Waals surface area contributed by atoms with Crippen LogP contribution in [0.2, 0.25) is 5.02 Å². The lowest BCUT2D eigenvalue weighted by molar-refractivity contribution is 0.431. The van der Waals surface area contributed by atoms with Crippen LogP contribution in [0.25, 0.3) is 33.9 Å². The maximum atomic E-state index is 13.2. The first-order chi connectivity index (χ1) is 15.1. The highest BCUT2D eigenvalue weighted by Crippen LogP contribution is 2.24. The van der Waals surface area contributed by atoms with E-state index < -0.39 is 0 Å². The molecule has 6 nitrogen and oxygen atoms in total. The van der Waals surface area contributed by atoms with Crippen LogP contribution in [0.1, 0.15) is 11.3 Å². The quantitative estimate of drug-likeness (QED) is 0.397. The van der Waals surface area contributed by atoms with Gasteiger partial charge in [-0.25, -0.2) is 4.98 Å². The summed E-state index contributed by atoms with van der Waals surface area (Å²) >= 11 is 5.96. The van der Waals surface area contributed by atoms with Crippen LogP contribution in [0.3, 0.4) is 0 Å². The first-order valence-corrected chi connectivity index (χ1v) is 10.1. The SMILES string of the molecule is Cc1ccc2c(=O)c(-c3nc(-c4ccc(Cl)cc4)no3)cn(Cc3ccccc3)c2n1. The molecule has 7 heteroatoms. The summed E-state index contributed by atoms with van der Waals surface area (Å²) in [5, 5.41) is 5.17. The molecular formula is C24H17ClN4O2. The smallest absolute Gasteiger partial charge is 0.263 e. The van der Waals surface area contributed by atoms with Crippen LogP contribution < -0.4 is 5.43 Å². The van der Waals surface area contributed by atoms with Crippen LogP contribution in [-0.4, -0.2) is 19.7 Å². The largest absolute Gasteiger partial charge is 0.333 e. The van der Waals surface area contributed by atoms with Crippen molar-refractivity contribution in [3.05, 3.63) is 99.4 Å². The molecule has 5 rings (SSSR count). The predicted molar refractivity (Wildman–Crippen MR) is 120 cm³/mol. The Balaban J connectivity index is 1.65. The number of hydrogen-bond acceptors (Lipinski definition) is 5. The highest BCUT2D eigenvalue weighted by atomic mass is 35.5. The fourth-order valence-corrected chi connectivity index (χ4v) is 3.59. The Morgan fingerprint density at radius 2 is 1.74 bits per heavy atom. The predicted octanol–water partition coefficient (Wildman–Crippen LogP) is 5.12. The monoisotopic (exact) mass is 428 g/mol. The van der Waals surface area contributed by atoms with E-state index in [1.165, 1.54) is 0 Å². The van der Waals surface area contributed by atoms with Crippen LogP contribution in [-0.2, 0) is 6.54 Å². The standard InChI is InChI=1S/C24H17ClN4O2/c1-15-7-12-19-21(30)20(14-29(23(19)26-15)13-16-5-3-2-4-6-16)24-27-22(28-31-24)17-8-10-18(25)11-9-17/h2-12,14H,13H2,1H3. The van der Waals surface area contributed by atoms with Gasteiger partial charge in [-0.05, 0) is 48.9 Å². The molecule has 3 aromatic heterocycles. The van der Waals surface area contributed by atoms with Crippen molar-refractivity contribution in [3.8, 4) is 22.8 Å². The van der Waals surface area contributed by atoms with E-state index in [1.54, 1.807) is 36.5 Å². The summed E-state index contributed by atoms with van der Waals surface area (Å²) < 4.78 is 7.41. The van der Waals surface area contributed by atoms with Gasteiger partial charge in [-0.2, -0.15) is 4.98 Å². The van der Waals surface area contributed by atoms with Crippen LogP contribution in [0.15, 0.2) is 82.2 Å². The van der Waals surface area contributed by atoms with Gasteiger partial charge in [-0.1, -0.05) is 47.1 Å². The van der Waals surface area contributed by atoms with Crippen LogP contribution >= 0.6 is 11.6 Å². The summed E-state index contributed by atoms with van der Waals surface area (Å²) in [7, 11) is 0. The topological polar surface area (TPSA) is 73.8 Å². The molecule has 5 aromatic rings. The van der Waals surface area contributed by atoms with E-state index in [9.17, 15) is 4.79 Å². The average Bonchev–Trinajstić information content (AvgIpc) is 3.27. The molecule has 0 saturated carbocycles. The van der Waals surface area contributed by atoms with E-state index in [4.69, 9.17) is 16.1 Å². The molecule has 0 aliphatic rings. The maximum absolute atomic E-state index is 13.2. The number of fused-ring (bicyclic) bond motifs is 1. The second kappa shape index (κ2) is 7.81. The zero-order valence-electron chi connectivity index (χ0n) is 16.6. The Bertz CT molecular complexity index is 1440. The molecule has 0 spiro atoms. The van der Waals surface area contributed by atoms with Gasteiger partial charge < -0.3 is 9.09 Å². The van der Waals surface area contributed by atoms with Gasteiger partial charge in [0, 0.05) is 29.0 Å². The molecule has 152 valence electrons. The second-order valence-electron chi connectivity index (χ2n) is 7.24. The summed E-state index contributed by atoms with van der Waals surface area (Å²) in [6.45, 7) is 2.46.